The zero-order chi connectivity index (χ0) is 8.01. The molecule has 2 atom stereocenters. The molecular weight excluding hydrogens is 136 g/mol. The zero-order valence-electron chi connectivity index (χ0n) is 7.18. The lowest BCUT2D eigenvalue weighted by Gasteiger charge is -2.08. The molecule has 0 aromatic rings. The molecule has 60 valence electrons. The molecule has 0 N–H and O–H groups in total. The quantitative estimate of drug-likeness (QED) is 0.518. The molecule has 11 heavy (non-hydrogen) atoms. The Kier molecular flexibility index (Phi) is 1.41. The molecule has 0 unspecified atom stereocenters. The van der Waals surface area contributed by atoms with Crippen LogP contribution in [-0.2, 0) is 4.79 Å². The molecule has 0 aliphatic heterocycles. The van der Waals surface area contributed by atoms with Crippen LogP contribution in [0.5, 0.6) is 0 Å². The van der Waals surface area contributed by atoms with Gasteiger partial charge in [-0.05, 0) is 37.2 Å². The second kappa shape index (κ2) is 2.20. The predicted molar refractivity (Wildman–Crippen MR) is 44.2 cm³/mol. The average Bonchev–Trinajstić information content (AvgIpc) is 2.43. The van der Waals surface area contributed by atoms with Gasteiger partial charge in [0.1, 0.15) is 0 Å². The standard InChI is InChI=1S/C10H14O/c1-6-3-4-8-7(2)10(11)5-9(6)8/h6,9H,3-5H2,1-2H3/t6-,9+/m1/s1. The number of Topliss-reactive ketones (excluding diaryl/α,β-unsaturated/α-hetero) is 1. The lowest BCUT2D eigenvalue weighted by Crippen LogP contribution is -2.04. The summed E-state index contributed by atoms with van der Waals surface area (Å²) in [5.41, 5.74) is 2.56. The molecule has 0 heterocycles. The van der Waals surface area contributed by atoms with Crippen LogP contribution in [0, 0.1) is 11.8 Å². The predicted octanol–water partition coefficient (Wildman–Crippen LogP) is 2.32. The molecule has 0 radical (unpaired) electrons. The highest BCUT2D eigenvalue weighted by Crippen LogP contribution is 2.44. The molecule has 0 amide bonds. The minimum Gasteiger partial charge on any atom is -0.295 e. The second-order valence-electron chi connectivity index (χ2n) is 3.90. The maximum atomic E-state index is 11.3. The van der Waals surface area contributed by atoms with Gasteiger partial charge in [-0.15, -0.1) is 0 Å². The van der Waals surface area contributed by atoms with E-state index in [1.165, 1.54) is 18.4 Å². The second-order valence-corrected chi connectivity index (χ2v) is 3.90. The minimum absolute atomic E-state index is 0.400. The molecule has 0 spiro atoms. The van der Waals surface area contributed by atoms with Gasteiger partial charge in [-0.3, -0.25) is 4.79 Å². The minimum atomic E-state index is 0.400. The first-order chi connectivity index (χ1) is 5.20. The van der Waals surface area contributed by atoms with Gasteiger partial charge in [-0.2, -0.15) is 0 Å². The van der Waals surface area contributed by atoms with Crippen molar-refractivity contribution >= 4 is 5.78 Å². The van der Waals surface area contributed by atoms with Crippen molar-refractivity contribution in [3.63, 3.8) is 0 Å². The first-order valence-electron chi connectivity index (χ1n) is 4.43. The van der Waals surface area contributed by atoms with Crippen LogP contribution in [0.25, 0.3) is 0 Å². The fraction of sp³-hybridized carbons (Fsp3) is 0.700. The van der Waals surface area contributed by atoms with Gasteiger partial charge >= 0.3 is 0 Å². The normalized spacial score (nSPS) is 36.7. The van der Waals surface area contributed by atoms with Crippen molar-refractivity contribution in [3.8, 4) is 0 Å². The Hall–Kier alpha value is -0.590. The zero-order valence-corrected chi connectivity index (χ0v) is 7.18. The monoisotopic (exact) mass is 150 g/mol. The molecule has 0 saturated heterocycles. The highest BCUT2D eigenvalue weighted by atomic mass is 16.1. The molecule has 1 nitrogen and oxygen atoms in total. The van der Waals surface area contributed by atoms with E-state index < -0.39 is 0 Å². The fourth-order valence-corrected chi connectivity index (χ4v) is 2.44. The number of carbonyl (C=O) groups excluding carboxylic acids is 1. The van der Waals surface area contributed by atoms with Crippen molar-refractivity contribution in [2.45, 2.75) is 33.1 Å². The highest BCUT2D eigenvalue weighted by molar-refractivity contribution is 5.98. The van der Waals surface area contributed by atoms with Crippen LogP contribution in [0.3, 0.4) is 0 Å². The highest BCUT2D eigenvalue weighted by Gasteiger charge is 2.37. The first-order valence-corrected chi connectivity index (χ1v) is 4.43. The number of carbonyl (C=O) groups is 1. The molecule has 0 aromatic heterocycles. The lowest BCUT2D eigenvalue weighted by atomic mass is 9.96. The van der Waals surface area contributed by atoms with Crippen molar-refractivity contribution in [1.29, 1.82) is 0 Å². The molecule has 0 bridgehead atoms. The fourth-order valence-electron chi connectivity index (χ4n) is 2.44. The van der Waals surface area contributed by atoms with E-state index in [1.54, 1.807) is 0 Å². The van der Waals surface area contributed by atoms with Crippen molar-refractivity contribution in [2.24, 2.45) is 11.8 Å². The lowest BCUT2D eigenvalue weighted by molar-refractivity contribution is -0.115. The van der Waals surface area contributed by atoms with E-state index in [-0.39, 0.29) is 0 Å². The van der Waals surface area contributed by atoms with Crippen LogP contribution in [0.15, 0.2) is 11.1 Å². The summed E-state index contributed by atoms with van der Waals surface area (Å²) in [6.07, 6.45) is 3.29. The summed E-state index contributed by atoms with van der Waals surface area (Å²) in [7, 11) is 0. The summed E-state index contributed by atoms with van der Waals surface area (Å²) in [5, 5.41) is 0. The van der Waals surface area contributed by atoms with E-state index in [2.05, 4.69) is 6.92 Å². The van der Waals surface area contributed by atoms with Crippen LogP contribution < -0.4 is 0 Å². The Balaban J connectivity index is 2.36. The van der Waals surface area contributed by atoms with E-state index in [0.29, 0.717) is 11.7 Å². The van der Waals surface area contributed by atoms with Gasteiger partial charge in [-0.1, -0.05) is 12.5 Å². The van der Waals surface area contributed by atoms with Gasteiger partial charge in [0.15, 0.2) is 5.78 Å². The number of hydrogen-bond donors (Lipinski definition) is 0. The maximum absolute atomic E-state index is 11.3. The Morgan fingerprint density at radius 1 is 1.45 bits per heavy atom. The number of ketones is 1. The largest absolute Gasteiger partial charge is 0.295 e. The average molecular weight is 150 g/mol. The molecule has 1 fully saturated rings. The molecule has 1 heteroatoms. The van der Waals surface area contributed by atoms with Crippen LogP contribution in [0.2, 0.25) is 0 Å². The molecule has 0 aromatic carbocycles. The van der Waals surface area contributed by atoms with E-state index in [1.807, 2.05) is 6.92 Å². The molecular formula is C10H14O. The third-order valence-electron chi connectivity index (χ3n) is 3.31. The van der Waals surface area contributed by atoms with Gasteiger partial charge in [-0.25, -0.2) is 0 Å². The van der Waals surface area contributed by atoms with Gasteiger partial charge in [0, 0.05) is 6.42 Å². The van der Waals surface area contributed by atoms with Crippen LogP contribution in [0.4, 0.5) is 0 Å². The molecule has 2 rings (SSSR count). The van der Waals surface area contributed by atoms with Crippen LogP contribution >= 0.6 is 0 Å². The molecule has 1 saturated carbocycles. The van der Waals surface area contributed by atoms with Crippen molar-refractivity contribution in [3.05, 3.63) is 11.1 Å². The smallest absolute Gasteiger partial charge is 0.159 e. The van der Waals surface area contributed by atoms with Crippen molar-refractivity contribution < 1.29 is 4.79 Å². The van der Waals surface area contributed by atoms with E-state index in [4.69, 9.17) is 0 Å². The van der Waals surface area contributed by atoms with E-state index >= 15 is 0 Å². The summed E-state index contributed by atoms with van der Waals surface area (Å²) < 4.78 is 0. The Labute approximate surface area is 67.5 Å². The molecule has 2 aliphatic rings. The number of hydrogen-bond acceptors (Lipinski definition) is 1. The van der Waals surface area contributed by atoms with Crippen LogP contribution in [-0.4, -0.2) is 5.78 Å². The Morgan fingerprint density at radius 2 is 2.18 bits per heavy atom. The first kappa shape index (κ1) is 7.08. The number of fused-ring (bicyclic) bond motifs is 1. The Bertz CT molecular complexity index is 237. The molecule has 2 aliphatic carbocycles. The van der Waals surface area contributed by atoms with E-state index in [9.17, 15) is 4.79 Å². The van der Waals surface area contributed by atoms with Crippen molar-refractivity contribution in [2.75, 3.05) is 0 Å². The van der Waals surface area contributed by atoms with Gasteiger partial charge in [0.05, 0.1) is 0 Å². The maximum Gasteiger partial charge on any atom is 0.159 e. The third-order valence-corrected chi connectivity index (χ3v) is 3.31. The summed E-state index contributed by atoms with van der Waals surface area (Å²) in [6, 6.07) is 0. The summed E-state index contributed by atoms with van der Waals surface area (Å²) in [5.74, 6) is 1.78. The summed E-state index contributed by atoms with van der Waals surface area (Å²) >= 11 is 0. The number of rotatable bonds is 0. The van der Waals surface area contributed by atoms with E-state index in [0.717, 1.165) is 17.9 Å². The Morgan fingerprint density at radius 3 is 2.82 bits per heavy atom. The van der Waals surface area contributed by atoms with Crippen molar-refractivity contribution in [1.82, 2.24) is 0 Å². The summed E-state index contributed by atoms with van der Waals surface area (Å²) in [6.45, 7) is 4.26. The van der Waals surface area contributed by atoms with Gasteiger partial charge in [0.2, 0.25) is 0 Å². The SMILES string of the molecule is CC1=C2CC[C@@H](C)[C@@H]2CC1=O. The third kappa shape index (κ3) is 0.867. The van der Waals surface area contributed by atoms with Crippen LogP contribution in [0.1, 0.15) is 33.1 Å². The van der Waals surface area contributed by atoms with Gasteiger partial charge in [0.25, 0.3) is 0 Å². The topological polar surface area (TPSA) is 17.1 Å². The summed E-state index contributed by atoms with van der Waals surface area (Å²) in [4.78, 5) is 11.3. The van der Waals surface area contributed by atoms with Gasteiger partial charge < -0.3 is 0 Å². The number of allylic oxidation sites excluding steroid dienone is 2.